The Bertz CT molecular complexity index is 1060. The van der Waals surface area contributed by atoms with E-state index in [-0.39, 0.29) is 0 Å². The van der Waals surface area contributed by atoms with Crippen molar-refractivity contribution in [3.63, 3.8) is 0 Å². The number of aromatic nitrogens is 2. The first-order valence-electron chi connectivity index (χ1n) is 15.0. The summed E-state index contributed by atoms with van der Waals surface area (Å²) in [7, 11) is 0. The summed E-state index contributed by atoms with van der Waals surface area (Å²) in [6, 6.07) is 4.27. The van der Waals surface area contributed by atoms with E-state index >= 15 is 0 Å². The Labute approximate surface area is 218 Å². The molecule has 1 aromatic carbocycles. The van der Waals surface area contributed by atoms with Crippen LogP contribution in [0.5, 0.6) is 0 Å². The van der Waals surface area contributed by atoms with Crippen molar-refractivity contribution in [3.05, 3.63) is 29.8 Å². The summed E-state index contributed by atoms with van der Waals surface area (Å²) in [5, 5.41) is 1.31. The molecule has 3 unspecified atom stereocenters. The molecule has 3 aromatic rings. The highest BCUT2D eigenvalue weighted by molar-refractivity contribution is 6.04. The molecule has 3 saturated heterocycles. The van der Waals surface area contributed by atoms with Crippen LogP contribution in [0.15, 0.2) is 22.7 Å². The topological polar surface area (TPSA) is 71.1 Å². The maximum Gasteiger partial charge on any atom is 0.198 e. The fourth-order valence-corrected chi connectivity index (χ4v) is 6.37. The number of H-pyrrole nitrogens is 1. The Morgan fingerprint density at radius 2 is 1.81 bits per heavy atom. The van der Waals surface area contributed by atoms with Crippen molar-refractivity contribution in [1.82, 2.24) is 14.9 Å². The minimum Gasteiger partial charge on any atom is -0.440 e. The zero-order chi connectivity index (χ0) is 25.5. The lowest BCUT2D eigenvalue weighted by atomic mass is 9.75. The van der Waals surface area contributed by atoms with Gasteiger partial charge in [-0.3, -0.25) is 0 Å². The van der Waals surface area contributed by atoms with E-state index in [0.29, 0.717) is 11.8 Å². The summed E-state index contributed by atoms with van der Waals surface area (Å²) in [6.45, 7) is 13.6. The van der Waals surface area contributed by atoms with Crippen LogP contribution in [0.2, 0.25) is 0 Å². The molecule has 5 heterocycles. The predicted molar refractivity (Wildman–Crippen MR) is 153 cm³/mol. The summed E-state index contributed by atoms with van der Waals surface area (Å²) < 4.78 is 6.26. The maximum atomic E-state index is 6.26. The van der Waals surface area contributed by atoms with Crippen molar-refractivity contribution >= 4 is 22.0 Å². The lowest BCUT2D eigenvalue weighted by Crippen LogP contribution is -2.46. The molecule has 3 aliphatic rings. The molecule has 36 heavy (non-hydrogen) atoms. The Kier molecular flexibility index (Phi) is 9.89. The Hall–Kier alpha value is -1.85. The average molecular weight is 495 g/mol. The third kappa shape index (κ3) is 5.99. The molecule has 200 valence electrons. The first-order chi connectivity index (χ1) is 17.6. The van der Waals surface area contributed by atoms with Crippen molar-refractivity contribution in [3.8, 4) is 0 Å². The number of oxazole rings is 1. The number of piperidine rings is 3. The highest BCUT2D eigenvalue weighted by Crippen LogP contribution is 2.43. The highest BCUT2D eigenvalue weighted by atomic mass is 16.3. The minimum atomic E-state index is 0.437. The fraction of sp³-hybridized carbons (Fsp3) is 0.710. The number of nitrogens with one attached hydrogen (secondary N) is 1. The van der Waals surface area contributed by atoms with Gasteiger partial charge < -0.3 is 20.0 Å². The van der Waals surface area contributed by atoms with Gasteiger partial charge in [-0.1, -0.05) is 59.8 Å². The van der Waals surface area contributed by atoms with Gasteiger partial charge >= 0.3 is 0 Å². The number of benzene rings is 1. The number of hydrogen-bond acceptors (Lipinski definition) is 4. The van der Waals surface area contributed by atoms with Crippen molar-refractivity contribution in [2.24, 2.45) is 17.6 Å². The number of hydrogen-bond donors (Lipinski definition) is 2. The van der Waals surface area contributed by atoms with Gasteiger partial charge in [-0.05, 0) is 81.3 Å². The SMILES string of the molecule is CCCCC(CC)CN.CCCCC(CC)c1nc2c(ccc3[nH]cc(C4CN5CCC4CC5)c32)o1. The number of nitrogens with two attached hydrogens (primary N) is 1. The van der Waals surface area contributed by atoms with Crippen LogP contribution in [0.1, 0.15) is 115 Å². The molecular formula is C31H50N4O. The molecule has 2 bridgehead atoms. The van der Waals surface area contributed by atoms with Crippen LogP contribution in [0.25, 0.3) is 22.0 Å². The smallest absolute Gasteiger partial charge is 0.198 e. The highest BCUT2D eigenvalue weighted by Gasteiger charge is 2.36. The van der Waals surface area contributed by atoms with E-state index in [0.717, 1.165) is 41.8 Å². The Balaban J connectivity index is 0.000000292. The molecule has 0 amide bonds. The molecule has 3 aliphatic heterocycles. The van der Waals surface area contributed by atoms with Gasteiger partial charge in [0.15, 0.2) is 11.5 Å². The number of unbranched alkanes of at least 4 members (excludes halogenated alkanes) is 2. The lowest BCUT2D eigenvalue weighted by molar-refractivity contribution is 0.0877. The van der Waals surface area contributed by atoms with E-state index in [2.05, 4.69) is 55.9 Å². The first kappa shape index (κ1) is 27.2. The molecule has 3 fully saturated rings. The fourth-order valence-electron chi connectivity index (χ4n) is 6.37. The van der Waals surface area contributed by atoms with Gasteiger partial charge in [-0.25, -0.2) is 4.98 Å². The van der Waals surface area contributed by atoms with Crippen molar-refractivity contribution in [2.45, 2.75) is 104 Å². The normalized spacial score (nSPS) is 23.1. The molecule has 0 radical (unpaired) electrons. The molecule has 5 heteroatoms. The van der Waals surface area contributed by atoms with Crippen LogP contribution in [0, 0.1) is 11.8 Å². The summed E-state index contributed by atoms with van der Waals surface area (Å²) in [5.41, 5.74) is 10.2. The maximum absolute atomic E-state index is 6.26. The molecule has 3 N–H and O–H groups in total. The molecule has 3 atom stereocenters. The second-order valence-corrected chi connectivity index (χ2v) is 11.3. The van der Waals surface area contributed by atoms with Crippen LogP contribution in [0.4, 0.5) is 0 Å². The number of fused-ring (bicyclic) bond motifs is 6. The molecule has 0 aliphatic carbocycles. The van der Waals surface area contributed by atoms with E-state index in [1.54, 1.807) is 0 Å². The van der Waals surface area contributed by atoms with Gasteiger partial charge in [0.05, 0.1) is 0 Å². The molecule has 0 spiro atoms. The standard InChI is InChI=1S/C23H31N3O.C8H19N/c1-3-5-6-15(4-2)23-25-22-20(27-23)8-7-19-21(22)17(13-24-19)18-14-26-11-9-16(18)10-12-26;1-3-5-6-8(4-2)7-9/h7-8,13,15-16,18,24H,3-6,9-12,14H2,1-2H3;8H,3-7,9H2,1-2H3. The zero-order valence-corrected chi connectivity index (χ0v) is 23.3. The summed E-state index contributed by atoms with van der Waals surface area (Å²) in [4.78, 5) is 11.2. The van der Waals surface area contributed by atoms with E-state index in [9.17, 15) is 0 Å². The average Bonchev–Trinajstić information content (AvgIpc) is 3.55. The largest absolute Gasteiger partial charge is 0.440 e. The molecule has 5 nitrogen and oxygen atoms in total. The quantitative estimate of drug-likeness (QED) is 0.283. The molecule has 2 aromatic heterocycles. The Morgan fingerprint density at radius 1 is 1.06 bits per heavy atom. The van der Waals surface area contributed by atoms with Gasteiger partial charge in [-0.2, -0.15) is 0 Å². The third-order valence-corrected chi connectivity index (χ3v) is 8.93. The number of nitrogens with zero attached hydrogens (tertiary/aromatic N) is 2. The second-order valence-electron chi connectivity index (χ2n) is 11.3. The van der Waals surface area contributed by atoms with Crippen LogP contribution in [-0.4, -0.2) is 41.0 Å². The minimum absolute atomic E-state index is 0.437. The van der Waals surface area contributed by atoms with Crippen LogP contribution in [0.3, 0.4) is 0 Å². The first-order valence-corrected chi connectivity index (χ1v) is 15.0. The van der Waals surface area contributed by atoms with Crippen molar-refractivity contribution in [1.29, 1.82) is 0 Å². The van der Waals surface area contributed by atoms with E-state index in [1.165, 1.54) is 93.9 Å². The second kappa shape index (κ2) is 13.1. The Morgan fingerprint density at radius 3 is 2.42 bits per heavy atom. The van der Waals surface area contributed by atoms with Gasteiger partial charge in [0.25, 0.3) is 0 Å². The number of rotatable bonds is 11. The monoisotopic (exact) mass is 494 g/mol. The lowest BCUT2D eigenvalue weighted by Gasteiger charge is -2.44. The molecule has 6 rings (SSSR count). The number of aromatic amines is 1. The predicted octanol–water partition coefficient (Wildman–Crippen LogP) is 7.96. The van der Waals surface area contributed by atoms with E-state index < -0.39 is 0 Å². The molecular weight excluding hydrogens is 444 g/mol. The van der Waals surface area contributed by atoms with E-state index in [4.69, 9.17) is 15.1 Å². The van der Waals surface area contributed by atoms with Gasteiger partial charge in [0.1, 0.15) is 5.52 Å². The van der Waals surface area contributed by atoms with Crippen LogP contribution >= 0.6 is 0 Å². The van der Waals surface area contributed by atoms with Gasteiger partial charge in [-0.15, -0.1) is 0 Å². The van der Waals surface area contributed by atoms with E-state index in [1.807, 2.05) is 0 Å². The third-order valence-electron chi connectivity index (χ3n) is 8.93. The summed E-state index contributed by atoms with van der Waals surface area (Å²) in [5.74, 6) is 3.61. The van der Waals surface area contributed by atoms with Crippen LogP contribution < -0.4 is 5.73 Å². The van der Waals surface area contributed by atoms with Crippen LogP contribution in [-0.2, 0) is 0 Å². The molecule has 0 saturated carbocycles. The zero-order valence-electron chi connectivity index (χ0n) is 23.3. The summed E-state index contributed by atoms with van der Waals surface area (Å²) in [6.07, 6.45) is 14.9. The van der Waals surface area contributed by atoms with Gasteiger partial charge in [0.2, 0.25) is 0 Å². The van der Waals surface area contributed by atoms with Gasteiger partial charge in [0, 0.05) is 35.5 Å². The van der Waals surface area contributed by atoms with Crippen molar-refractivity contribution < 1.29 is 4.42 Å². The van der Waals surface area contributed by atoms with Crippen molar-refractivity contribution in [2.75, 3.05) is 26.2 Å². The summed E-state index contributed by atoms with van der Waals surface area (Å²) >= 11 is 0.